The first-order valence-electron chi connectivity index (χ1n) is 4.40. The van der Waals surface area contributed by atoms with Crippen LogP contribution in [0, 0.1) is 0 Å². The van der Waals surface area contributed by atoms with Gasteiger partial charge in [-0.05, 0) is 11.6 Å². The van der Waals surface area contributed by atoms with E-state index in [9.17, 15) is 4.79 Å². The van der Waals surface area contributed by atoms with Crippen LogP contribution in [0.5, 0.6) is 0 Å². The molecule has 1 aromatic rings. The highest BCUT2D eigenvalue weighted by Gasteiger charge is 2.25. The first-order valence-corrected chi connectivity index (χ1v) is 4.40. The van der Waals surface area contributed by atoms with Gasteiger partial charge in [0.05, 0.1) is 12.2 Å². The normalized spacial score (nSPS) is 20.5. The van der Waals surface area contributed by atoms with Crippen molar-refractivity contribution in [2.75, 3.05) is 6.61 Å². The van der Waals surface area contributed by atoms with E-state index in [4.69, 9.17) is 9.84 Å². The van der Waals surface area contributed by atoms with Gasteiger partial charge in [-0.25, -0.2) is 4.79 Å². The van der Waals surface area contributed by atoms with Gasteiger partial charge in [0.15, 0.2) is 0 Å². The van der Waals surface area contributed by atoms with Crippen molar-refractivity contribution in [1.29, 1.82) is 0 Å². The third-order valence-electron chi connectivity index (χ3n) is 2.10. The van der Waals surface area contributed by atoms with Crippen LogP contribution in [0.15, 0.2) is 36.4 Å². The van der Waals surface area contributed by atoms with Gasteiger partial charge in [0, 0.05) is 0 Å². The first kappa shape index (κ1) is 8.97. The Morgan fingerprint density at radius 1 is 1.29 bits per heavy atom. The standard InChI is InChI=1S/C11H10O3/c12-7-9-6-10(11(13)14-9)8-4-2-1-3-5-8/h1-6,9,12H,7H2. The quantitative estimate of drug-likeness (QED) is 0.707. The summed E-state index contributed by atoms with van der Waals surface area (Å²) in [4.78, 5) is 11.3. The lowest BCUT2D eigenvalue weighted by atomic mass is 10.1. The molecule has 0 saturated carbocycles. The Morgan fingerprint density at radius 2 is 2.00 bits per heavy atom. The van der Waals surface area contributed by atoms with Crippen LogP contribution in [0.1, 0.15) is 5.56 Å². The van der Waals surface area contributed by atoms with Gasteiger partial charge < -0.3 is 9.84 Å². The zero-order valence-electron chi connectivity index (χ0n) is 7.51. The number of hydrogen-bond donors (Lipinski definition) is 1. The maximum atomic E-state index is 11.3. The molecular weight excluding hydrogens is 180 g/mol. The molecule has 3 nitrogen and oxygen atoms in total. The van der Waals surface area contributed by atoms with Crippen LogP contribution in [0.4, 0.5) is 0 Å². The summed E-state index contributed by atoms with van der Waals surface area (Å²) in [5.74, 6) is -0.366. The fourth-order valence-electron chi connectivity index (χ4n) is 1.41. The van der Waals surface area contributed by atoms with Crippen LogP contribution in [-0.4, -0.2) is 23.8 Å². The van der Waals surface area contributed by atoms with Gasteiger partial charge in [-0.2, -0.15) is 0 Å². The van der Waals surface area contributed by atoms with E-state index in [1.54, 1.807) is 6.08 Å². The van der Waals surface area contributed by atoms with Gasteiger partial charge in [-0.15, -0.1) is 0 Å². The van der Waals surface area contributed by atoms with Crippen LogP contribution in [0.3, 0.4) is 0 Å². The fraction of sp³-hybridized carbons (Fsp3) is 0.182. The van der Waals surface area contributed by atoms with E-state index in [2.05, 4.69) is 0 Å². The van der Waals surface area contributed by atoms with Crippen molar-refractivity contribution in [1.82, 2.24) is 0 Å². The Labute approximate surface area is 81.6 Å². The van der Waals surface area contributed by atoms with Gasteiger partial charge >= 0.3 is 5.97 Å². The van der Waals surface area contributed by atoms with E-state index in [1.165, 1.54) is 0 Å². The molecule has 0 spiro atoms. The molecule has 1 N–H and O–H groups in total. The zero-order valence-corrected chi connectivity index (χ0v) is 7.51. The molecule has 1 atom stereocenters. The summed E-state index contributed by atoms with van der Waals surface area (Å²) < 4.78 is 4.90. The first-order chi connectivity index (χ1) is 6.81. The summed E-state index contributed by atoms with van der Waals surface area (Å²) in [6.45, 7) is -0.165. The van der Waals surface area contributed by atoms with Crippen molar-refractivity contribution < 1.29 is 14.6 Å². The van der Waals surface area contributed by atoms with Crippen LogP contribution in [0.25, 0.3) is 5.57 Å². The smallest absolute Gasteiger partial charge is 0.339 e. The number of esters is 1. The summed E-state index contributed by atoms with van der Waals surface area (Å²) in [6, 6.07) is 9.28. The Bertz CT molecular complexity index is 367. The molecule has 1 heterocycles. The molecule has 14 heavy (non-hydrogen) atoms. The molecule has 3 heteroatoms. The van der Waals surface area contributed by atoms with Crippen molar-refractivity contribution in [3.05, 3.63) is 42.0 Å². The molecule has 72 valence electrons. The molecule has 0 radical (unpaired) electrons. The minimum absolute atomic E-state index is 0.165. The SMILES string of the molecule is O=C1OC(CO)C=C1c1ccccc1. The summed E-state index contributed by atoms with van der Waals surface area (Å²) in [5.41, 5.74) is 1.36. The number of hydrogen-bond acceptors (Lipinski definition) is 3. The molecule has 0 saturated heterocycles. The highest BCUT2D eigenvalue weighted by atomic mass is 16.6. The number of aliphatic hydroxyl groups is 1. The molecule has 0 amide bonds. The maximum Gasteiger partial charge on any atom is 0.339 e. The topological polar surface area (TPSA) is 46.5 Å². The van der Waals surface area contributed by atoms with Crippen LogP contribution in [-0.2, 0) is 9.53 Å². The predicted octanol–water partition coefficient (Wildman–Crippen LogP) is 0.988. The third-order valence-corrected chi connectivity index (χ3v) is 2.10. The molecule has 1 unspecified atom stereocenters. The van der Waals surface area contributed by atoms with E-state index in [0.29, 0.717) is 5.57 Å². The highest BCUT2D eigenvalue weighted by Crippen LogP contribution is 2.23. The highest BCUT2D eigenvalue weighted by molar-refractivity contribution is 6.18. The Balaban J connectivity index is 2.31. The second-order valence-electron chi connectivity index (χ2n) is 3.07. The second kappa shape index (κ2) is 3.64. The number of carbonyl (C=O) groups is 1. The number of benzene rings is 1. The lowest BCUT2D eigenvalue weighted by Crippen LogP contribution is -2.11. The summed E-state index contributed by atoms with van der Waals surface area (Å²) in [7, 11) is 0. The molecule has 0 aliphatic carbocycles. The number of carbonyl (C=O) groups excluding carboxylic acids is 1. The van der Waals surface area contributed by atoms with E-state index >= 15 is 0 Å². The van der Waals surface area contributed by atoms with Gasteiger partial charge in [-0.3, -0.25) is 0 Å². The lowest BCUT2D eigenvalue weighted by Gasteiger charge is -2.01. The van der Waals surface area contributed by atoms with Crippen LogP contribution in [0.2, 0.25) is 0 Å². The lowest BCUT2D eigenvalue weighted by molar-refractivity contribution is -0.139. The minimum Gasteiger partial charge on any atom is -0.452 e. The number of cyclic esters (lactones) is 1. The predicted molar refractivity (Wildman–Crippen MR) is 51.4 cm³/mol. The van der Waals surface area contributed by atoms with E-state index in [0.717, 1.165) is 5.56 Å². The molecule has 0 fully saturated rings. The van der Waals surface area contributed by atoms with E-state index < -0.39 is 6.10 Å². The minimum atomic E-state index is -0.488. The Kier molecular flexibility index (Phi) is 2.33. The summed E-state index contributed by atoms with van der Waals surface area (Å²) in [5, 5.41) is 8.83. The molecule has 2 rings (SSSR count). The third kappa shape index (κ3) is 1.54. The number of aliphatic hydroxyl groups excluding tert-OH is 1. The zero-order chi connectivity index (χ0) is 9.97. The van der Waals surface area contributed by atoms with Crippen molar-refractivity contribution in [2.45, 2.75) is 6.10 Å². The molecule has 1 aliphatic rings. The average Bonchev–Trinajstić information content (AvgIpc) is 2.61. The molecular formula is C11H10O3. The molecule has 0 bridgehead atoms. The van der Waals surface area contributed by atoms with Gasteiger partial charge in [0.1, 0.15) is 6.10 Å². The van der Waals surface area contributed by atoms with Crippen LogP contribution < -0.4 is 0 Å². The number of ether oxygens (including phenoxy) is 1. The Hall–Kier alpha value is -1.61. The fourth-order valence-corrected chi connectivity index (χ4v) is 1.41. The van der Waals surface area contributed by atoms with Crippen molar-refractivity contribution in [2.24, 2.45) is 0 Å². The maximum absolute atomic E-state index is 11.3. The van der Waals surface area contributed by atoms with Crippen molar-refractivity contribution >= 4 is 11.5 Å². The number of rotatable bonds is 2. The van der Waals surface area contributed by atoms with Gasteiger partial charge in [-0.1, -0.05) is 30.3 Å². The summed E-state index contributed by atoms with van der Waals surface area (Å²) in [6.07, 6.45) is 1.16. The molecule has 0 aromatic heterocycles. The van der Waals surface area contributed by atoms with Crippen molar-refractivity contribution in [3.8, 4) is 0 Å². The van der Waals surface area contributed by atoms with E-state index in [-0.39, 0.29) is 12.6 Å². The van der Waals surface area contributed by atoms with Crippen LogP contribution >= 0.6 is 0 Å². The average molecular weight is 190 g/mol. The molecule has 1 aromatic carbocycles. The second-order valence-corrected chi connectivity index (χ2v) is 3.07. The van der Waals surface area contributed by atoms with Gasteiger partial charge in [0.25, 0.3) is 0 Å². The molecule has 1 aliphatic heterocycles. The van der Waals surface area contributed by atoms with E-state index in [1.807, 2.05) is 30.3 Å². The summed E-state index contributed by atoms with van der Waals surface area (Å²) >= 11 is 0. The monoisotopic (exact) mass is 190 g/mol. The van der Waals surface area contributed by atoms with Crippen molar-refractivity contribution in [3.63, 3.8) is 0 Å². The largest absolute Gasteiger partial charge is 0.452 e. The van der Waals surface area contributed by atoms with Gasteiger partial charge in [0.2, 0.25) is 0 Å². The Morgan fingerprint density at radius 3 is 2.57 bits per heavy atom.